The van der Waals surface area contributed by atoms with E-state index in [1.165, 1.54) is 6.07 Å². The minimum absolute atomic E-state index is 0.00159. The lowest BCUT2D eigenvalue weighted by Crippen LogP contribution is -2.44. The third-order valence-electron chi connectivity index (χ3n) is 5.73. The molecule has 0 radical (unpaired) electrons. The molecule has 1 heterocycles. The zero-order chi connectivity index (χ0) is 18.9. The standard InChI is InChI=1S/C20H27F2N3O/c1-20(2)10-9-14(6-5-13-7-8-15(21)11-16(13)22)17(18(20)26-4)19-23-12-25(3)24-19/h7-8,11-12,14,17-18H,5-6,9-10H2,1-4H3. The molecule has 1 saturated carbocycles. The van der Waals surface area contributed by atoms with Crippen LogP contribution in [-0.4, -0.2) is 28.0 Å². The first-order valence-corrected chi connectivity index (χ1v) is 9.14. The van der Waals surface area contributed by atoms with Crippen LogP contribution in [0.25, 0.3) is 0 Å². The molecule has 4 nitrogen and oxygen atoms in total. The Hall–Kier alpha value is -1.82. The van der Waals surface area contributed by atoms with Gasteiger partial charge < -0.3 is 4.74 Å². The summed E-state index contributed by atoms with van der Waals surface area (Å²) in [5.41, 5.74) is 0.578. The van der Waals surface area contributed by atoms with Crippen molar-refractivity contribution in [3.8, 4) is 0 Å². The van der Waals surface area contributed by atoms with Gasteiger partial charge in [0.1, 0.15) is 18.0 Å². The summed E-state index contributed by atoms with van der Waals surface area (Å²) >= 11 is 0. The van der Waals surface area contributed by atoms with E-state index in [1.807, 2.05) is 7.05 Å². The molecule has 1 aromatic carbocycles. The van der Waals surface area contributed by atoms with Gasteiger partial charge in [-0.2, -0.15) is 5.10 Å². The second-order valence-corrected chi connectivity index (χ2v) is 8.02. The Morgan fingerprint density at radius 3 is 2.69 bits per heavy atom. The molecular formula is C20H27F2N3O. The SMILES string of the molecule is COC1C(c2ncn(C)n2)C(CCc2ccc(F)cc2F)CCC1(C)C. The fourth-order valence-corrected chi connectivity index (χ4v) is 4.32. The van der Waals surface area contributed by atoms with Gasteiger partial charge in [0.2, 0.25) is 0 Å². The molecule has 3 rings (SSSR count). The van der Waals surface area contributed by atoms with Gasteiger partial charge in [-0.25, -0.2) is 13.8 Å². The maximum absolute atomic E-state index is 14.0. The number of rotatable bonds is 5. The Morgan fingerprint density at radius 1 is 1.31 bits per heavy atom. The summed E-state index contributed by atoms with van der Waals surface area (Å²) in [5.74, 6) is 0.127. The van der Waals surface area contributed by atoms with Gasteiger partial charge >= 0.3 is 0 Å². The highest BCUT2D eigenvalue weighted by Gasteiger charge is 2.46. The van der Waals surface area contributed by atoms with Crippen LogP contribution in [-0.2, 0) is 18.2 Å². The minimum atomic E-state index is -0.541. The summed E-state index contributed by atoms with van der Waals surface area (Å²) in [6.45, 7) is 4.43. The van der Waals surface area contributed by atoms with Crippen molar-refractivity contribution in [3.05, 3.63) is 47.5 Å². The van der Waals surface area contributed by atoms with Gasteiger partial charge in [0.25, 0.3) is 0 Å². The van der Waals surface area contributed by atoms with Crippen LogP contribution in [0.1, 0.15) is 50.4 Å². The lowest BCUT2D eigenvalue weighted by atomic mass is 9.63. The molecule has 3 unspecified atom stereocenters. The number of benzene rings is 1. The zero-order valence-electron chi connectivity index (χ0n) is 15.9. The summed E-state index contributed by atoms with van der Waals surface area (Å²) in [7, 11) is 3.60. The summed E-state index contributed by atoms with van der Waals surface area (Å²) < 4.78 is 34.7. The van der Waals surface area contributed by atoms with Crippen molar-refractivity contribution in [3.63, 3.8) is 0 Å². The van der Waals surface area contributed by atoms with E-state index in [2.05, 4.69) is 23.9 Å². The van der Waals surface area contributed by atoms with E-state index in [-0.39, 0.29) is 17.4 Å². The number of hydrogen-bond donors (Lipinski definition) is 0. The highest BCUT2D eigenvalue weighted by Crippen LogP contribution is 2.48. The molecule has 2 aromatic rings. The molecule has 6 heteroatoms. The van der Waals surface area contributed by atoms with E-state index >= 15 is 0 Å². The highest BCUT2D eigenvalue weighted by atomic mass is 19.1. The molecule has 1 aromatic heterocycles. The first-order chi connectivity index (χ1) is 12.3. The topological polar surface area (TPSA) is 39.9 Å². The quantitative estimate of drug-likeness (QED) is 0.797. The number of nitrogens with zero attached hydrogens (tertiary/aromatic N) is 3. The monoisotopic (exact) mass is 363 g/mol. The van der Waals surface area contributed by atoms with Crippen LogP contribution in [0.4, 0.5) is 8.78 Å². The number of halogens is 2. The van der Waals surface area contributed by atoms with Crippen molar-refractivity contribution < 1.29 is 13.5 Å². The van der Waals surface area contributed by atoms with Gasteiger partial charge in [-0.15, -0.1) is 0 Å². The van der Waals surface area contributed by atoms with Crippen LogP contribution >= 0.6 is 0 Å². The lowest BCUT2D eigenvalue weighted by Gasteiger charge is -2.46. The Balaban J connectivity index is 1.83. The van der Waals surface area contributed by atoms with Crippen molar-refractivity contribution >= 4 is 0 Å². The second kappa shape index (κ2) is 7.43. The number of ether oxygens (including phenoxy) is 1. The summed E-state index contributed by atoms with van der Waals surface area (Å²) in [5, 5.41) is 4.53. The second-order valence-electron chi connectivity index (χ2n) is 8.02. The summed E-state index contributed by atoms with van der Waals surface area (Å²) in [6, 6.07) is 3.81. The number of aryl methyl sites for hydroxylation is 2. The molecule has 3 atom stereocenters. The normalized spacial score (nSPS) is 25.4. The average molecular weight is 363 g/mol. The molecule has 1 fully saturated rings. The highest BCUT2D eigenvalue weighted by molar-refractivity contribution is 5.19. The largest absolute Gasteiger partial charge is 0.380 e. The number of hydrogen-bond acceptors (Lipinski definition) is 3. The van der Waals surface area contributed by atoms with E-state index in [0.717, 1.165) is 31.2 Å². The molecule has 0 aliphatic heterocycles. The fraction of sp³-hybridized carbons (Fsp3) is 0.600. The molecule has 142 valence electrons. The van der Waals surface area contributed by atoms with Crippen molar-refractivity contribution in [2.24, 2.45) is 18.4 Å². The van der Waals surface area contributed by atoms with E-state index in [9.17, 15) is 8.78 Å². The fourth-order valence-electron chi connectivity index (χ4n) is 4.32. The third-order valence-corrected chi connectivity index (χ3v) is 5.73. The Bertz CT molecular complexity index is 759. The van der Waals surface area contributed by atoms with Gasteiger partial charge in [0.05, 0.1) is 12.0 Å². The maximum atomic E-state index is 14.0. The van der Waals surface area contributed by atoms with Gasteiger partial charge in [-0.1, -0.05) is 19.9 Å². The van der Waals surface area contributed by atoms with Crippen LogP contribution in [0.5, 0.6) is 0 Å². The van der Waals surface area contributed by atoms with Crippen molar-refractivity contribution in [1.29, 1.82) is 0 Å². The van der Waals surface area contributed by atoms with Gasteiger partial charge in [-0.3, -0.25) is 4.68 Å². The predicted octanol–water partition coefficient (Wildman–Crippen LogP) is 4.26. The lowest BCUT2D eigenvalue weighted by molar-refractivity contribution is -0.0615. The van der Waals surface area contributed by atoms with Gasteiger partial charge in [0.15, 0.2) is 5.82 Å². The van der Waals surface area contributed by atoms with Crippen LogP contribution < -0.4 is 0 Å². The van der Waals surface area contributed by atoms with Crippen molar-refractivity contribution in [2.75, 3.05) is 7.11 Å². The van der Waals surface area contributed by atoms with Crippen LogP contribution in [0, 0.1) is 23.0 Å². The first kappa shape index (κ1) is 19.0. The van der Waals surface area contributed by atoms with E-state index < -0.39 is 11.6 Å². The Kier molecular flexibility index (Phi) is 5.42. The predicted molar refractivity (Wildman–Crippen MR) is 95.7 cm³/mol. The van der Waals surface area contributed by atoms with Crippen LogP contribution in [0.15, 0.2) is 24.5 Å². The maximum Gasteiger partial charge on any atom is 0.156 e. The van der Waals surface area contributed by atoms with Crippen LogP contribution in [0.3, 0.4) is 0 Å². The molecule has 0 saturated heterocycles. The van der Waals surface area contributed by atoms with Gasteiger partial charge in [-0.05, 0) is 48.6 Å². The van der Waals surface area contributed by atoms with Crippen molar-refractivity contribution in [1.82, 2.24) is 14.8 Å². The Morgan fingerprint density at radius 2 is 2.08 bits per heavy atom. The molecule has 0 bridgehead atoms. The van der Waals surface area contributed by atoms with E-state index in [4.69, 9.17) is 4.74 Å². The van der Waals surface area contributed by atoms with Crippen LogP contribution in [0.2, 0.25) is 0 Å². The summed E-state index contributed by atoms with van der Waals surface area (Å²) in [6.07, 6.45) is 5.12. The zero-order valence-corrected chi connectivity index (χ0v) is 15.9. The molecule has 1 aliphatic carbocycles. The number of methoxy groups -OCH3 is 1. The summed E-state index contributed by atoms with van der Waals surface area (Å²) in [4.78, 5) is 4.49. The molecule has 0 N–H and O–H groups in total. The molecule has 1 aliphatic rings. The Labute approximate surface area is 153 Å². The molecule has 0 amide bonds. The number of aromatic nitrogens is 3. The molecule has 0 spiro atoms. The first-order valence-electron chi connectivity index (χ1n) is 9.14. The average Bonchev–Trinajstić information content (AvgIpc) is 3.00. The van der Waals surface area contributed by atoms with Gasteiger partial charge in [0, 0.05) is 20.2 Å². The third kappa shape index (κ3) is 3.80. The minimum Gasteiger partial charge on any atom is -0.380 e. The smallest absolute Gasteiger partial charge is 0.156 e. The molecule has 26 heavy (non-hydrogen) atoms. The van der Waals surface area contributed by atoms with E-state index in [1.54, 1.807) is 24.2 Å². The molecular weight excluding hydrogens is 336 g/mol. The van der Waals surface area contributed by atoms with Crippen molar-refractivity contribution in [2.45, 2.75) is 51.6 Å². The van der Waals surface area contributed by atoms with E-state index in [0.29, 0.717) is 17.9 Å².